The van der Waals surface area contributed by atoms with Gasteiger partial charge in [-0.05, 0) is 44.5 Å². The first-order chi connectivity index (χ1) is 15.7. The standard InChI is InChI=1S/C23H28F3N3O4S/c1-5-27-22(31)17(3)28(14-18-9-6-8-16(2)12-18)21(30)15-29(34(4,32)33)20-11-7-10-19(13-20)23(24,25)26/h6-13,17H,5,14-15H2,1-4H3,(H,27,31). The van der Waals surface area contributed by atoms with Crippen molar-refractivity contribution in [1.82, 2.24) is 10.2 Å². The van der Waals surface area contributed by atoms with Gasteiger partial charge in [0.15, 0.2) is 0 Å². The number of alkyl halides is 3. The first kappa shape index (κ1) is 27.2. The van der Waals surface area contributed by atoms with Crippen molar-refractivity contribution in [1.29, 1.82) is 0 Å². The fraction of sp³-hybridized carbons (Fsp3) is 0.391. The van der Waals surface area contributed by atoms with Gasteiger partial charge in [0.2, 0.25) is 21.8 Å². The van der Waals surface area contributed by atoms with Crippen molar-refractivity contribution in [3.63, 3.8) is 0 Å². The SMILES string of the molecule is CCNC(=O)C(C)N(Cc1cccc(C)c1)C(=O)CN(c1cccc(C(F)(F)F)c1)S(C)(=O)=O. The molecule has 2 aromatic rings. The van der Waals surface area contributed by atoms with E-state index in [1.54, 1.807) is 19.1 Å². The van der Waals surface area contributed by atoms with Gasteiger partial charge in [-0.3, -0.25) is 13.9 Å². The zero-order valence-corrected chi connectivity index (χ0v) is 20.2. The average Bonchev–Trinajstić information content (AvgIpc) is 2.74. The average molecular weight is 500 g/mol. The summed E-state index contributed by atoms with van der Waals surface area (Å²) in [6.07, 6.45) is -3.88. The maximum Gasteiger partial charge on any atom is 0.416 e. The van der Waals surface area contributed by atoms with Crippen LogP contribution in [0.1, 0.15) is 30.5 Å². The molecular formula is C23H28F3N3O4S. The molecule has 2 aromatic carbocycles. The Kier molecular flexibility index (Phi) is 8.71. The molecule has 2 rings (SSSR count). The third kappa shape index (κ3) is 7.21. The van der Waals surface area contributed by atoms with E-state index >= 15 is 0 Å². The highest BCUT2D eigenvalue weighted by atomic mass is 32.2. The van der Waals surface area contributed by atoms with Crippen LogP contribution >= 0.6 is 0 Å². The van der Waals surface area contributed by atoms with Crippen molar-refractivity contribution in [3.05, 3.63) is 65.2 Å². The Labute approximate surface area is 197 Å². The van der Waals surface area contributed by atoms with Crippen molar-refractivity contribution in [2.24, 2.45) is 0 Å². The minimum absolute atomic E-state index is 0.0129. The van der Waals surface area contributed by atoms with Gasteiger partial charge in [-0.2, -0.15) is 13.2 Å². The number of halogens is 3. The first-order valence-electron chi connectivity index (χ1n) is 10.5. The zero-order chi connectivity index (χ0) is 25.7. The van der Waals surface area contributed by atoms with Gasteiger partial charge in [0, 0.05) is 13.1 Å². The Hall–Kier alpha value is -3.08. The molecule has 186 valence electrons. The number of carbonyl (C=O) groups excluding carboxylic acids is 2. The highest BCUT2D eigenvalue weighted by Gasteiger charge is 2.33. The zero-order valence-electron chi connectivity index (χ0n) is 19.4. The molecule has 0 heterocycles. The summed E-state index contributed by atoms with van der Waals surface area (Å²) in [7, 11) is -4.13. The molecule has 0 bridgehead atoms. The number of anilines is 1. The number of nitrogens with one attached hydrogen (secondary N) is 1. The number of aryl methyl sites for hydroxylation is 1. The number of rotatable bonds is 9. The van der Waals surface area contributed by atoms with Crippen LogP contribution in [-0.2, 0) is 32.3 Å². The summed E-state index contributed by atoms with van der Waals surface area (Å²) in [5.74, 6) is -1.17. The molecule has 1 unspecified atom stereocenters. The van der Waals surface area contributed by atoms with Crippen LogP contribution in [0.15, 0.2) is 48.5 Å². The van der Waals surface area contributed by atoms with Crippen LogP contribution in [0, 0.1) is 6.92 Å². The molecule has 34 heavy (non-hydrogen) atoms. The van der Waals surface area contributed by atoms with Crippen LogP contribution in [0.4, 0.5) is 18.9 Å². The van der Waals surface area contributed by atoms with Gasteiger partial charge in [0.25, 0.3) is 0 Å². The Morgan fingerprint density at radius 3 is 2.29 bits per heavy atom. The lowest BCUT2D eigenvalue weighted by Crippen LogP contribution is -2.51. The van der Waals surface area contributed by atoms with Crippen molar-refractivity contribution in [2.75, 3.05) is 23.7 Å². The predicted octanol–water partition coefficient (Wildman–Crippen LogP) is 3.33. The summed E-state index contributed by atoms with van der Waals surface area (Å²) >= 11 is 0. The van der Waals surface area contributed by atoms with Gasteiger partial charge in [0.1, 0.15) is 12.6 Å². The van der Waals surface area contributed by atoms with Crippen LogP contribution in [0.5, 0.6) is 0 Å². The second-order valence-corrected chi connectivity index (χ2v) is 9.81. The smallest absolute Gasteiger partial charge is 0.355 e. The van der Waals surface area contributed by atoms with E-state index in [9.17, 15) is 31.2 Å². The Bertz CT molecular complexity index is 1140. The quantitative estimate of drug-likeness (QED) is 0.574. The van der Waals surface area contributed by atoms with Crippen LogP contribution in [0.2, 0.25) is 0 Å². The third-order valence-corrected chi connectivity index (χ3v) is 6.23. The van der Waals surface area contributed by atoms with E-state index in [0.717, 1.165) is 29.5 Å². The second-order valence-electron chi connectivity index (χ2n) is 7.90. The number of hydrogen-bond acceptors (Lipinski definition) is 4. The topological polar surface area (TPSA) is 86.8 Å². The Balaban J connectivity index is 2.44. The third-order valence-electron chi connectivity index (χ3n) is 5.09. The van der Waals surface area contributed by atoms with Crippen molar-refractivity contribution >= 4 is 27.5 Å². The molecule has 2 amide bonds. The molecule has 11 heteroatoms. The summed E-state index contributed by atoms with van der Waals surface area (Å²) in [5, 5.41) is 2.63. The molecule has 0 aliphatic heterocycles. The summed E-state index contributed by atoms with van der Waals surface area (Å²) in [6.45, 7) is 4.66. The first-order valence-corrected chi connectivity index (χ1v) is 12.4. The number of amides is 2. The van der Waals surface area contributed by atoms with Gasteiger partial charge in [0.05, 0.1) is 17.5 Å². The van der Waals surface area contributed by atoms with E-state index in [0.29, 0.717) is 16.9 Å². The minimum atomic E-state index is -4.69. The molecule has 0 saturated heterocycles. The summed E-state index contributed by atoms with van der Waals surface area (Å²) in [4.78, 5) is 27.0. The lowest BCUT2D eigenvalue weighted by atomic mass is 10.1. The van der Waals surface area contributed by atoms with E-state index in [1.165, 1.54) is 17.9 Å². The molecule has 0 spiro atoms. The van der Waals surface area contributed by atoms with Crippen molar-refractivity contribution < 1.29 is 31.2 Å². The number of nitrogens with zero attached hydrogens (tertiary/aromatic N) is 2. The normalized spacial score (nSPS) is 12.7. The molecule has 0 aromatic heterocycles. The van der Waals surface area contributed by atoms with Crippen molar-refractivity contribution in [2.45, 2.75) is 39.5 Å². The summed E-state index contributed by atoms with van der Waals surface area (Å²) < 4.78 is 65.0. The molecule has 7 nitrogen and oxygen atoms in total. The molecule has 0 saturated carbocycles. The molecule has 0 fully saturated rings. The molecule has 1 N–H and O–H groups in total. The molecule has 0 aliphatic carbocycles. The molecule has 1 atom stereocenters. The van der Waals surface area contributed by atoms with Gasteiger partial charge in [-0.15, -0.1) is 0 Å². The fourth-order valence-corrected chi connectivity index (χ4v) is 4.20. The number of hydrogen-bond donors (Lipinski definition) is 1. The maximum atomic E-state index is 13.3. The molecule has 0 radical (unpaired) electrons. The largest absolute Gasteiger partial charge is 0.416 e. The van der Waals surface area contributed by atoms with Crippen LogP contribution in [0.25, 0.3) is 0 Å². The molecular weight excluding hydrogens is 471 g/mol. The fourth-order valence-electron chi connectivity index (χ4n) is 3.36. The Morgan fingerprint density at radius 1 is 1.09 bits per heavy atom. The highest BCUT2D eigenvalue weighted by molar-refractivity contribution is 7.92. The number of sulfonamides is 1. The minimum Gasteiger partial charge on any atom is -0.355 e. The van der Waals surface area contributed by atoms with E-state index in [1.807, 2.05) is 19.1 Å². The van der Waals surface area contributed by atoms with Crippen molar-refractivity contribution in [3.8, 4) is 0 Å². The highest BCUT2D eigenvalue weighted by Crippen LogP contribution is 2.32. The number of benzene rings is 2. The van der Waals surface area contributed by atoms with Gasteiger partial charge in [-0.25, -0.2) is 8.42 Å². The Morgan fingerprint density at radius 2 is 1.74 bits per heavy atom. The van der Waals surface area contributed by atoms with Crippen LogP contribution < -0.4 is 9.62 Å². The van der Waals surface area contributed by atoms with Gasteiger partial charge in [-0.1, -0.05) is 35.9 Å². The number of carbonyl (C=O) groups is 2. The van der Waals surface area contributed by atoms with Gasteiger partial charge < -0.3 is 10.2 Å². The number of likely N-dealkylation sites (N-methyl/N-ethyl adjacent to an activating group) is 1. The van der Waals surface area contributed by atoms with Crippen LogP contribution in [0.3, 0.4) is 0 Å². The maximum absolute atomic E-state index is 13.3. The summed E-state index contributed by atoms with van der Waals surface area (Å²) in [6, 6.07) is 10.0. The van der Waals surface area contributed by atoms with E-state index in [-0.39, 0.29) is 12.2 Å². The van der Waals surface area contributed by atoms with E-state index in [2.05, 4.69) is 5.32 Å². The lowest BCUT2D eigenvalue weighted by Gasteiger charge is -2.31. The monoisotopic (exact) mass is 499 g/mol. The van der Waals surface area contributed by atoms with E-state index in [4.69, 9.17) is 0 Å². The molecule has 0 aliphatic rings. The second kappa shape index (κ2) is 10.9. The predicted molar refractivity (Wildman–Crippen MR) is 124 cm³/mol. The lowest BCUT2D eigenvalue weighted by molar-refractivity contribution is -0.139. The van der Waals surface area contributed by atoms with E-state index < -0.39 is 46.2 Å². The summed E-state index contributed by atoms with van der Waals surface area (Å²) in [5.41, 5.74) is 0.303. The van der Waals surface area contributed by atoms with Gasteiger partial charge >= 0.3 is 6.18 Å². The van der Waals surface area contributed by atoms with Crippen LogP contribution in [-0.4, -0.2) is 50.5 Å².